The smallest absolute Gasteiger partial charge is 0.252 e. The number of hydrogen-bond donors (Lipinski definition) is 1. The lowest BCUT2D eigenvalue weighted by Gasteiger charge is -2.28. The molecule has 1 aromatic carbocycles. The summed E-state index contributed by atoms with van der Waals surface area (Å²) in [5, 5.41) is 6.43. The number of methoxy groups -OCH3 is 3. The van der Waals surface area contributed by atoms with E-state index in [1.54, 1.807) is 37.7 Å². The third kappa shape index (κ3) is 4.94. The molecule has 0 atom stereocenters. The van der Waals surface area contributed by atoms with Crippen LogP contribution in [-0.2, 0) is 4.79 Å². The molecule has 0 radical (unpaired) electrons. The first-order chi connectivity index (χ1) is 14.6. The summed E-state index contributed by atoms with van der Waals surface area (Å²) in [6, 6.07) is 5.42. The first-order valence-corrected chi connectivity index (χ1v) is 10.6. The Morgan fingerprint density at radius 2 is 1.87 bits per heavy atom. The van der Waals surface area contributed by atoms with Crippen LogP contribution in [0.3, 0.4) is 0 Å². The quantitative estimate of drug-likeness (QED) is 0.696. The maximum absolute atomic E-state index is 12.5. The Bertz CT molecular complexity index is 899. The van der Waals surface area contributed by atoms with Gasteiger partial charge in [0, 0.05) is 49.1 Å². The van der Waals surface area contributed by atoms with Gasteiger partial charge in [0.2, 0.25) is 5.91 Å². The lowest BCUT2D eigenvalue weighted by molar-refractivity contribution is -0.130. The molecule has 0 fully saturated rings. The summed E-state index contributed by atoms with van der Waals surface area (Å²) in [6.45, 7) is 1.42. The average Bonchev–Trinajstić information content (AvgIpc) is 3.33. The number of thiophene rings is 1. The molecule has 8 heteroatoms. The fourth-order valence-corrected chi connectivity index (χ4v) is 4.02. The molecule has 1 aliphatic rings. The largest absolute Gasteiger partial charge is 0.496 e. The van der Waals surface area contributed by atoms with Crippen LogP contribution in [0, 0.1) is 0 Å². The molecule has 1 aromatic heterocycles. The molecule has 0 saturated carbocycles. The molecule has 2 aromatic rings. The van der Waals surface area contributed by atoms with Crippen LogP contribution in [0.2, 0.25) is 0 Å². The monoisotopic (exact) mass is 430 g/mol. The molecule has 0 saturated heterocycles. The van der Waals surface area contributed by atoms with E-state index in [1.165, 1.54) is 11.3 Å². The van der Waals surface area contributed by atoms with Gasteiger partial charge >= 0.3 is 0 Å². The zero-order valence-electron chi connectivity index (χ0n) is 17.4. The first-order valence-electron chi connectivity index (χ1n) is 9.65. The molecule has 30 heavy (non-hydrogen) atoms. The van der Waals surface area contributed by atoms with Gasteiger partial charge in [0.05, 0.1) is 26.9 Å². The van der Waals surface area contributed by atoms with Gasteiger partial charge < -0.3 is 24.4 Å². The Morgan fingerprint density at radius 3 is 2.40 bits per heavy atom. The number of hydrogen-bond acceptors (Lipinski definition) is 6. The maximum atomic E-state index is 12.5. The van der Waals surface area contributed by atoms with E-state index in [0.29, 0.717) is 48.9 Å². The van der Waals surface area contributed by atoms with Crippen LogP contribution >= 0.6 is 11.3 Å². The summed E-state index contributed by atoms with van der Waals surface area (Å²) < 4.78 is 16.4. The van der Waals surface area contributed by atoms with E-state index >= 15 is 0 Å². The van der Waals surface area contributed by atoms with Crippen molar-refractivity contribution in [2.75, 3.05) is 41.0 Å². The number of rotatable bonds is 8. The van der Waals surface area contributed by atoms with Crippen molar-refractivity contribution >= 4 is 28.7 Å². The van der Waals surface area contributed by atoms with E-state index in [0.717, 1.165) is 11.1 Å². The second-order valence-corrected chi connectivity index (χ2v) is 7.52. The molecule has 2 heterocycles. The van der Waals surface area contributed by atoms with Crippen LogP contribution in [0.4, 0.5) is 0 Å². The second kappa shape index (κ2) is 10.2. The van der Waals surface area contributed by atoms with Gasteiger partial charge in [-0.15, -0.1) is 0 Å². The number of ether oxygens (including phenoxy) is 3. The summed E-state index contributed by atoms with van der Waals surface area (Å²) in [4.78, 5) is 26.3. The Balaban J connectivity index is 1.61. The standard InChI is InChI=1S/C22H26N2O5S/c1-27-17-12-18(28-2)21(19(13-17)29-3)15-5-9-24(10-6-15)20(25)4-8-23-22(26)16-7-11-30-14-16/h5,7,11-14H,4,6,8-10H2,1-3H3,(H,23,26). The predicted molar refractivity (Wildman–Crippen MR) is 117 cm³/mol. The highest BCUT2D eigenvalue weighted by atomic mass is 32.1. The maximum Gasteiger partial charge on any atom is 0.252 e. The molecule has 7 nitrogen and oxygen atoms in total. The molecule has 1 N–H and O–H groups in total. The molecule has 160 valence electrons. The topological polar surface area (TPSA) is 77.1 Å². The van der Waals surface area contributed by atoms with Crippen LogP contribution in [-0.4, -0.2) is 57.7 Å². The van der Waals surface area contributed by atoms with Crippen molar-refractivity contribution in [2.24, 2.45) is 0 Å². The molecule has 0 bridgehead atoms. The van der Waals surface area contributed by atoms with Crippen molar-refractivity contribution < 1.29 is 23.8 Å². The Labute approximate surface area is 180 Å². The number of amides is 2. The summed E-state index contributed by atoms with van der Waals surface area (Å²) in [5.74, 6) is 1.88. The third-order valence-electron chi connectivity index (χ3n) is 5.01. The van der Waals surface area contributed by atoms with Crippen LogP contribution in [0.1, 0.15) is 28.8 Å². The highest BCUT2D eigenvalue weighted by molar-refractivity contribution is 7.08. The minimum atomic E-state index is -0.149. The van der Waals surface area contributed by atoms with Crippen molar-refractivity contribution in [3.63, 3.8) is 0 Å². The Kier molecular flexibility index (Phi) is 7.35. The molecule has 0 unspecified atom stereocenters. The Morgan fingerprint density at radius 1 is 1.13 bits per heavy atom. The minimum Gasteiger partial charge on any atom is -0.496 e. The lowest BCUT2D eigenvalue weighted by atomic mass is 9.97. The fraction of sp³-hybridized carbons (Fsp3) is 0.364. The summed E-state index contributed by atoms with van der Waals surface area (Å²) in [5.41, 5.74) is 2.58. The summed E-state index contributed by atoms with van der Waals surface area (Å²) >= 11 is 1.47. The summed E-state index contributed by atoms with van der Waals surface area (Å²) in [6.07, 6.45) is 2.98. The van der Waals surface area contributed by atoms with E-state index in [-0.39, 0.29) is 18.2 Å². The fourth-order valence-electron chi connectivity index (χ4n) is 3.38. The number of carbonyl (C=O) groups is 2. The van der Waals surface area contributed by atoms with Crippen molar-refractivity contribution in [1.82, 2.24) is 10.2 Å². The van der Waals surface area contributed by atoms with Gasteiger partial charge in [-0.2, -0.15) is 11.3 Å². The molecule has 0 aliphatic carbocycles. The number of carbonyl (C=O) groups excluding carboxylic acids is 2. The van der Waals surface area contributed by atoms with Gasteiger partial charge in [-0.05, 0) is 23.4 Å². The second-order valence-electron chi connectivity index (χ2n) is 6.74. The summed E-state index contributed by atoms with van der Waals surface area (Å²) in [7, 11) is 4.82. The minimum absolute atomic E-state index is 0.0181. The van der Waals surface area contributed by atoms with E-state index in [4.69, 9.17) is 14.2 Å². The van der Waals surface area contributed by atoms with E-state index in [2.05, 4.69) is 5.32 Å². The molecule has 1 aliphatic heterocycles. The van der Waals surface area contributed by atoms with Gasteiger partial charge in [0.1, 0.15) is 17.2 Å². The van der Waals surface area contributed by atoms with Crippen LogP contribution in [0.15, 0.2) is 35.0 Å². The van der Waals surface area contributed by atoms with E-state index in [9.17, 15) is 9.59 Å². The van der Waals surface area contributed by atoms with Crippen LogP contribution in [0.5, 0.6) is 17.2 Å². The first kappa shape index (κ1) is 21.7. The SMILES string of the molecule is COc1cc(OC)c(C2=CCN(C(=O)CCNC(=O)c3ccsc3)CC2)c(OC)c1. The highest BCUT2D eigenvalue weighted by Crippen LogP contribution is 2.40. The number of nitrogens with zero attached hydrogens (tertiary/aromatic N) is 1. The number of benzene rings is 1. The molecular formula is C22H26N2O5S. The van der Waals surface area contributed by atoms with Crippen LogP contribution in [0.25, 0.3) is 5.57 Å². The van der Waals surface area contributed by atoms with E-state index < -0.39 is 0 Å². The molecule has 0 spiro atoms. The van der Waals surface area contributed by atoms with Gasteiger partial charge in [-0.1, -0.05) is 6.08 Å². The third-order valence-corrected chi connectivity index (χ3v) is 5.69. The van der Waals surface area contributed by atoms with Gasteiger partial charge in [0.15, 0.2) is 0 Å². The van der Waals surface area contributed by atoms with Crippen molar-refractivity contribution in [3.05, 3.63) is 46.2 Å². The van der Waals surface area contributed by atoms with Crippen molar-refractivity contribution in [3.8, 4) is 17.2 Å². The van der Waals surface area contributed by atoms with Gasteiger partial charge in [-0.25, -0.2) is 0 Å². The molecule has 3 rings (SSSR count). The van der Waals surface area contributed by atoms with E-state index in [1.807, 2.05) is 23.6 Å². The predicted octanol–water partition coefficient (Wildman–Crippen LogP) is 3.21. The molecular weight excluding hydrogens is 404 g/mol. The zero-order chi connectivity index (χ0) is 21.5. The van der Waals surface area contributed by atoms with Crippen LogP contribution < -0.4 is 19.5 Å². The lowest BCUT2D eigenvalue weighted by Crippen LogP contribution is -2.37. The molecule has 2 amide bonds. The van der Waals surface area contributed by atoms with Gasteiger partial charge in [0.25, 0.3) is 5.91 Å². The van der Waals surface area contributed by atoms with Crippen molar-refractivity contribution in [2.45, 2.75) is 12.8 Å². The highest BCUT2D eigenvalue weighted by Gasteiger charge is 2.23. The average molecular weight is 431 g/mol. The Hall–Kier alpha value is -3.00. The van der Waals surface area contributed by atoms with Gasteiger partial charge in [-0.3, -0.25) is 9.59 Å². The number of nitrogens with one attached hydrogen (secondary N) is 1. The van der Waals surface area contributed by atoms with Crippen molar-refractivity contribution in [1.29, 1.82) is 0 Å². The normalized spacial score (nSPS) is 13.4. The zero-order valence-corrected chi connectivity index (χ0v) is 18.2.